The molecule has 1 aliphatic carbocycles. The average Bonchev–Trinajstić information content (AvgIpc) is 2.31. The molecule has 0 spiro atoms. The summed E-state index contributed by atoms with van der Waals surface area (Å²) in [6, 6.07) is 0.848. The van der Waals surface area contributed by atoms with Crippen molar-refractivity contribution >= 4 is 0 Å². The molecule has 1 heteroatoms. The molecule has 0 atom stereocenters. The van der Waals surface area contributed by atoms with Crippen LogP contribution in [0.1, 0.15) is 71.6 Å². The van der Waals surface area contributed by atoms with Gasteiger partial charge < -0.3 is 5.32 Å². The fourth-order valence-corrected chi connectivity index (χ4v) is 2.70. The Labute approximate surface area is 96.0 Å². The summed E-state index contributed by atoms with van der Waals surface area (Å²) >= 11 is 0. The van der Waals surface area contributed by atoms with Gasteiger partial charge in [-0.15, -0.1) is 0 Å². The van der Waals surface area contributed by atoms with E-state index in [1.807, 2.05) is 0 Å². The average molecular weight is 211 g/mol. The van der Waals surface area contributed by atoms with Gasteiger partial charge in [-0.2, -0.15) is 0 Å². The first-order chi connectivity index (χ1) is 7.36. The van der Waals surface area contributed by atoms with Crippen molar-refractivity contribution < 1.29 is 0 Å². The number of nitrogens with one attached hydrogen (secondary N) is 1. The molecule has 0 saturated heterocycles. The molecule has 90 valence electrons. The lowest BCUT2D eigenvalue weighted by atomic mass is 9.94. The molecule has 0 amide bonds. The SMILES string of the molecule is CCC(CC)CCCNC1CCCCC1. The standard InChI is InChI=1S/C14H29N/c1-3-13(4-2)9-8-12-15-14-10-6-5-7-11-14/h13-15H,3-12H2,1-2H3. The van der Waals surface area contributed by atoms with Crippen molar-refractivity contribution in [2.75, 3.05) is 6.54 Å². The van der Waals surface area contributed by atoms with Crippen LogP contribution in [-0.4, -0.2) is 12.6 Å². The fraction of sp³-hybridized carbons (Fsp3) is 1.00. The molecule has 1 aliphatic rings. The topological polar surface area (TPSA) is 12.0 Å². The highest BCUT2D eigenvalue weighted by atomic mass is 14.9. The van der Waals surface area contributed by atoms with Crippen LogP contribution in [0.2, 0.25) is 0 Å². The normalized spacial score (nSPS) is 18.6. The van der Waals surface area contributed by atoms with Crippen molar-refractivity contribution in [1.82, 2.24) is 5.32 Å². The van der Waals surface area contributed by atoms with E-state index in [4.69, 9.17) is 0 Å². The highest BCUT2D eigenvalue weighted by Crippen LogP contribution is 2.18. The van der Waals surface area contributed by atoms with Gasteiger partial charge in [0.05, 0.1) is 0 Å². The minimum absolute atomic E-state index is 0.848. The molecular formula is C14H29N. The highest BCUT2D eigenvalue weighted by Gasteiger charge is 2.12. The molecule has 0 aromatic heterocycles. The van der Waals surface area contributed by atoms with Crippen LogP contribution in [-0.2, 0) is 0 Å². The van der Waals surface area contributed by atoms with Crippen molar-refractivity contribution in [3.05, 3.63) is 0 Å². The quantitative estimate of drug-likeness (QED) is 0.624. The maximum Gasteiger partial charge on any atom is 0.00670 e. The summed E-state index contributed by atoms with van der Waals surface area (Å²) in [7, 11) is 0. The third-order valence-corrected chi connectivity index (χ3v) is 3.98. The van der Waals surface area contributed by atoms with Crippen LogP contribution in [0.5, 0.6) is 0 Å². The van der Waals surface area contributed by atoms with Crippen LogP contribution < -0.4 is 5.32 Å². The van der Waals surface area contributed by atoms with Crippen LogP contribution in [0.4, 0.5) is 0 Å². The second-order valence-electron chi connectivity index (χ2n) is 5.11. The zero-order valence-corrected chi connectivity index (χ0v) is 10.7. The molecular weight excluding hydrogens is 182 g/mol. The Morgan fingerprint density at radius 1 is 1.07 bits per heavy atom. The summed E-state index contributed by atoms with van der Waals surface area (Å²) < 4.78 is 0. The molecule has 0 aliphatic heterocycles. The van der Waals surface area contributed by atoms with E-state index in [1.54, 1.807) is 0 Å². The molecule has 0 heterocycles. The van der Waals surface area contributed by atoms with Crippen molar-refractivity contribution in [1.29, 1.82) is 0 Å². The van der Waals surface area contributed by atoms with E-state index in [9.17, 15) is 0 Å². The van der Waals surface area contributed by atoms with E-state index < -0.39 is 0 Å². The van der Waals surface area contributed by atoms with E-state index in [0.29, 0.717) is 0 Å². The van der Waals surface area contributed by atoms with Crippen LogP contribution in [0.25, 0.3) is 0 Å². The summed E-state index contributed by atoms with van der Waals surface area (Å²) in [6.45, 7) is 5.90. The predicted octanol–water partition coefficient (Wildman–Crippen LogP) is 4.13. The van der Waals surface area contributed by atoms with Gasteiger partial charge in [0, 0.05) is 6.04 Å². The second kappa shape index (κ2) is 8.15. The fourth-order valence-electron chi connectivity index (χ4n) is 2.70. The zero-order chi connectivity index (χ0) is 10.9. The molecule has 0 radical (unpaired) electrons. The summed E-state index contributed by atoms with van der Waals surface area (Å²) in [5.74, 6) is 0.971. The molecule has 0 unspecified atom stereocenters. The lowest BCUT2D eigenvalue weighted by molar-refractivity contribution is 0.359. The Hall–Kier alpha value is -0.0400. The van der Waals surface area contributed by atoms with Gasteiger partial charge >= 0.3 is 0 Å². The van der Waals surface area contributed by atoms with Gasteiger partial charge in [-0.1, -0.05) is 46.0 Å². The van der Waals surface area contributed by atoms with Gasteiger partial charge in [0.1, 0.15) is 0 Å². The van der Waals surface area contributed by atoms with Crippen LogP contribution in [0, 0.1) is 5.92 Å². The first kappa shape index (κ1) is 13.0. The second-order valence-corrected chi connectivity index (χ2v) is 5.11. The predicted molar refractivity (Wildman–Crippen MR) is 68.2 cm³/mol. The van der Waals surface area contributed by atoms with E-state index in [2.05, 4.69) is 19.2 Å². The number of hydrogen-bond donors (Lipinski definition) is 1. The highest BCUT2D eigenvalue weighted by molar-refractivity contribution is 4.71. The molecule has 1 N–H and O–H groups in total. The number of hydrogen-bond acceptors (Lipinski definition) is 1. The Bertz CT molecular complexity index is 134. The van der Waals surface area contributed by atoms with Crippen LogP contribution in [0.15, 0.2) is 0 Å². The van der Waals surface area contributed by atoms with Crippen LogP contribution >= 0.6 is 0 Å². The van der Waals surface area contributed by atoms with Crippen molar-refractivity contribution in [3.8, 4) is 0 Å². The van der Waals surface area contributed by atoms with Gasteiger partial charge in [-0.25, -0.2) is 0 Å². The third kappa shape index (κ3) is 5.55. The maximum atomic E-state index is 3.73. The third-order valence-electron chi connectivity index (χ3n) is 3.98. The first-order valence-electron chi connectivity index (χ1n) is 7.10. The van der Waals surface area contributed by atoms with Crippen molar-refractivity contribution in [3.63, 3.8) is 0 Å². The van der Waals surface area contributed by atoms with E-state index in [0.717, 1.165) is 12.0 Å². The Balaban J connectivity index is 1.95. The summed E-state index contributed by atoms with van der Waals surface area (Å²) in [6.07, 6.45) is 12.7. The Kier molecular flexibility index (Phi) is 7.08. The molecule has 1 saturated carbocycles. The lowest BCUT2D eigenvalue weighted by Gasteiger charge is -2.23. The molecule has 1 rings (SSSR count). The Morgan fingerprint density at radius 3 is 2.33 bits per heavy atom. The largest absolute Gasteiger partial charge is 0.314 e. The monoisotopic (exact) mass is 211 g/mol. The van der Waals surface area contributed by atoms with Gasteiger partial charge in [-0.05, 0) is 38.1 Å². The molecule has 0 aromatic rings. The Morgan fingerprint density at radius 2 is 1.73 bits per heavy atom. The van der Waals surface area contributed by atoms with Crippen LogP contribution in [0.3, 0.4) is 0 Å². The summed E-state index contributed by atoms with van der Waals surface area (Å²) in [4.78, 5) is 0. The van der Waals surface area contributed by atoms with E-state index >= 15 is 0 Å². The maximum absolute atomic E-state index is 3.73. The van der Waals surface area contributed by atoms with E-state index in [-0.39, 0.29) is 0 Å². The minimum Gasteiger partial charge on any atom is -0.314 e. The summed E-state index contributed by atoms with van der Waals surface area (Å²) in [5, 5.41) is 3.73. The lowest BCUT2D eigenvalue weighted by Crippen LogP contribution is -2.31. The molecule has 1 fully saturated rings. The van der Waals surface area contributed by atoms with Crippen molar-refractivity contribution in [2.24, 2.45) is 5.92 Å². The zero-order valence-electron chi connectivity index (χ0n) is 10.7. The molecule has 1 nitrogen and oxygen atoms in total. The van der Waals surface area contributed by atoms with Gasteiger partial charge in [-0.3, -0.25) is 0 Å². The first-order valence-corrected chi connectivity index (χ1v) is 7.10. The molecule has 0 aromatic carbocycles. The van der Waals surface area contributed by atoms with E-state index in [1.165, 1.54) is 64.3 Å². The number of rotatable bonds is 7. The minimum atomic E-state index is 0.848. The molecule has 15 heavy (non-hydrogen) atoms. The van der Waals surface area contributed by atoms with Crippen molar-refractivity contribution in [2.45, 2.75) is 77.7 Å². The van der Waals surface area contributed by atoms with Gasteiger partial charge in [0.2, 0.25) is 0 Å². The molecule has 0 bridgehead atoms. The smallest absolute Gasteiger partial charge is 0.00670 e. The van der Waals surface area contributed by atoms with Gasteiger partial charge in [0.15, 0.2) is 0 Å². The summed E-state index contributed by atoms with van der Waals surface area (Å²) in [5.41, 5.74) is 0. The van der Waals surface area contributed by atoms with Gasteiger partial charge in [0.25, 0.3) is 0 Å².